The van der Waals surface area contributed by atoms with Crippen molar-refractivity contribution in [1.29, 1.82) is 0 Å². The predicted molar refractivity (Wildman–Crippen MR) is 52.2 cm³/mol. The average molecular weight is 178 g/mol. The molecule has 3 rings (SSSR count). The molecule has 0 aromatic rings. The largest absolute Gasteiger partial charge is 0.392 e. The second-order valence-corrected chi connectivity index (χ2v) is 5.42. The standard InChI is InChI=1S/C12H18O/c1-12-6-5-8(7-12)9-3-2-4-10(12)11(9)13/h5-6,8-11,13H,2-4,7H2,1H3/t8-,9+,10+,11-,12+/m1/s1. The van der Waals surface area contributed by atoms with E-state index in [1.165, 1.54) is 25.7 Å². The van der Waals surface area contributed by atoms with E-state index in [0.29, 0.717) is 23.2 Å². The number of rotatable bonds is 0. The number of hydrogen-bond acceptors (Lipinski definition) is 1. The van der Waals surface area contributed by atoms with Crippen LogP contribution in [0.4, 0.5) is 0 Å². The Morgan fingerprint density at radius 1 is 1.38 bits per heavy atom. The molecule has 2 fully saturated rings. The molecule has 0 radical (unpaired) electrons. The van der Waals surface area contributed by atoms with Crippen molar-refractivity contribution in [3.8, 4) is 0 Å². The minimum atomic E-state index is -0.00694. The molecule has 1 heteroatoms. The lowest BCUT2D eigenvalue weighted by Crippen LogP contribution is -2.48. The summed E-state index contributed by atoms with van der Waals surface area (Å²) in [6.45, 7) is 2.33. The van der Waals surface area contributed by atoms with Gasteiger partial charge >= 0.3 is 0 Å². The van der Waals surface area contributed by atoms with Crippen LogP contribution in [0.25, 0.3) is 0 Å². The molecule has 72 valence electrons. The molecule has 0 amide bonds. The first kappa shape index (κ1) is 8.05. The summed E-state index contributed by atoms with van der Waals surface area (Å²) in [6, 6.07) is 0. The van der Waals surface area contributed by atoms with Crippen molar-refractivity contribution in [2.75, 3.05) is 0 Å². The zero-order chi connectivity index (χ0) is 9.05. The first-order chi connectivity index (χ1) is 6.21. The third-order valence-electron chi connectivity index (χ3n) is 4.70. The minimum absolute atomic E-state index is 0.00694. The molecule has 0 aliphatic heterocycles. The maximum absolute atomic E-state index is 10.2. The van der Waals surface area contributed by atoms with E-state index in [1.54, 1.807) is 0 Å². The fourth-order valence-corrected chi connectivity index (χ4v) is 3.96. The number of fused-ring (bicyclic) bond motifs is 6. The number of allylic oxidation sites excluding steroid dienone is 2. The van der Waals surface area contributed by atoms with Gasteiger partial charge in [0.2, 0.25) is 0 Å². The highest BCUT2D eigenvalue weighted by Crippen LogP contribution is 2.57. The second kappa shape index (κ2) is 2.38. The van der Waals surface area contributed by atoms with Gasteiger partial charge in [0, 0.05) is 0 Å². The Balaban J connectivity index is 2.02. The van der Waals surface area contributed by atoms with Crippen LogP contribution in [0.3, 0.4) is 0 Å². The van der Waals surface area contributed by atoms with Gasteiger partial charge in [-0.2, -0.15) is 0 Å². The van der Waals surface area contributed by atoms with E-state index in [-0.39, 0.29) is 6.10 Å². The molecule has 0 saturated heterocycles. The van der Waals surface area contributed by atoms with Crippen LogP contribution in [0.15, 0.2) is 12.2 Å². The van der Waals surface area contributed by atoms with Gasteiger partial charge in [0.15, 0.2) is 0 Å². The molecule has 2 saturated carbocycles. The summed E-state index contributed by atoms with van der Waals surface area (Å²) in [7, 11) is 0. The Hall–Kier alpha value is -0.300. The molecule has 0 heterocycles. The predicted octanol–water partition coefficient (Wildman–Crippen LogP) is 2.36. The summed E-state index contributed by atoms with van der Waals surface area (Å²) < 4.78 is 0. The van der Waals surface area contributed by atoms with Crippen LogP contribution in [0.5, 0.6) is 0 Å². The quantitative estimate of drug-likeness (QED) is 0.565. The van der Waals surface area contributed by atoms with Crippen molar-refractivity contribution in [3.63, 3.8) is 0 Å². The molecule has 0 spiro atoms. The van der Waals surface area contributed by atoms with E-state index in [4.69, 9.17) is 0 Å². The Kier molecular flexibility index (Phi) is 1.48. The van der Waals surface area contributed by atoms with Crippen molar-refractivity contribution in [2.45, 2.75) is 38.7 Å². The highest BCUT2D eigenvalue weighted by atomic mass is 16.3. The molecule has 0 unspecified atom stereocenters. The van der Waals surface area contributed by atoms with Crippen LogP contribution >= 0.6 is 0 Å². The number of aliphatic hydroxyl groups is 1. The van der Waals surface area contributed by atoms with Gasteiger partial charge in [-0.25, -0.2) is 0 Å². The molecule has 3 aliphatic carbocycles. The first-order valence-corrected chi connectivity index (χ1v) is 5.58. The molecule has 4 bridgehead atoms. The van der Waals surface area contributed by atoms with Crippen molar-refractivity contribution in [2.24, 2.45) is 23.2 Å². The first-order valence-electron chi connectivity index (χ1n) is 5.58. The highest BCUT2D eigenvalue weighted by Gasteiger charge is 2.52. The van der Waals surface area contributed by atoms with E-state index in [2.05, 4.69) is 19.1 Å². The zero-order valence-corrected chi connectivity index (χ0v) is 8.24. The van der Waals surface area contributed by atoms with Crippen LogP contribution in [0.1, 0.15) is 32.6 Å². The van der Waals surface area contributed by atoms with Gasteiger partial charge in [0.05, 0.1) is 6.10 Å². The maximum atomic E-state index is 10.2. The zero-order valence-electron chi connectivity index (χ0n) is 8.24. The normalized spacial score (nSPS) is 58.3. The van der Waals surface area contributed by atoms with E-state index < -0.39 is 0 Å². The molecular formula is C12H18O. The Morgan fingerprint density at radius 2 is 2.23 bits per heavy atom. The van der Waals surface area contributed by atoms with Crippen molar-refractivity contribution in [3.05, 3.63) is 12.2 Å². The molecule has 0 aromatic carbocycles. The van der Waals surface area contributed by atoms with Gasteiger partial charge in [0.1, 0.15) is 0 Å². The van der Waals surface area contributed by atoms with Gasteiger partial charge in [-0.15, -0.1) is 0 Å². The lowest BCUT2D eigenvalue weighted by atomic mass is 9.57. The third-order valence-corrected chi connectivity index (χ3v) is 4.70. The Morgan fingerprint density at radius 3 is 3.08 bits per heavy atom. The van der Waals surface area contributed by atoms with E-state index in [0.717, 1.165) is 0 Å². The molecule has 3 aliphatic rings. The second-order valence-electron chi connectivity index (χ2n) is 5.42. The van der Waals surface area contributed by atoms with Gasteiger partial charge in [-0.1, -0.05) is 25.5 Å². The number of aliphatic hydroxyl groups excluding tert-OH is 1. The maximum Gasteiger partial charge on any atom is 0.0610 e. The Bertz CT molecular complexity index is 258. The Labute approximate surface area is 79.8 Å². The molecule has 0 aromatic heterocycles. The molecule has 1 N–H and O–H groups in total. The van der Waals surface area contributed by atoms with Crippen molar-refractivity contribution >= 4 is 0 Å². The number of hydrogen-bond donors (Lipinski definition) is 1. The van der Waals surface area contributed by atoms with E-state index >= 15 is 0 Å². The fourth-order valence-electron chi connectivity index (χ4n) is 3.96. The van der Waals surface area contributed by atoms with Crippen LogP contribution in [-0.4, -0.2) is 11.2 Å². The molecule has 5 atom stereocenters. The fraction of sp³-hybridized carbons (Fsp3) is 0.833. The lowest BCUT2D eigenvalue weighted by Gasteiger charge is -2.49. The van der Waals surface area contributed by atoms with Crippen LogP contribution in [0, 0.1) is 23.2 Å². The monoisotopic (exact) mass is 178 g/mol. The average Bonchev–Trinajstić information content (AvgIpc) is 2.45. The van der Waals surface area contributed by atoms with Crippen molar-refractivity contribution < 1.29 is 5.11 Å². The smallest absolute Gasteiger partial charge is 0.0610 e. The van der Waals surface area contributed by atoms with Crippen LogP contribution < -0.4 is 0 Å². The molecule has 13 heavy (non-hydrogen) atoms. The summed E-state index contributed by atoms with van der Waals surface area (Å²) >= 11 is 0. The van der Waals surface area contributed by atoms with E-state index in [1.807, 2.05) is 0 Å². The summed E-state index contributed by atoms with van der Waals surface area (Å²) in [5.41, 5.74) is 0.334. The molecular weight excluding hydrogens is 160 g/mol. The summed E-state index contributed by atoms with van der Waals surface area (Å²) in [4.78, 5) is 0. The lowest BCUT2D eigenvalue weighted by molar-refractivity contribution is -0.0759. The third kappa shape index (κ3) is 0.914. The van der Waals surface area contributed by atoms with Gasteiger partial charge in [-0.3, -0.25) is 0 Å². The van der Waals surface area contributed by atoms with Crippen LogP contribution in [-0.2, 0) is 0 Å². The molecule has 1 nitrogen and oxygen atoms in total. The minimum Gasteiger partial charge on any atom is -0.392 e. The summed E-state index contributed by atoms with van der Waals surface area (Å²) in [5.74, 6) is 1.84. The topological polar surface area (TPSA) is 20.2 Å². The van der Waals surface area contributed by atoms with Gasteiger partial charge in [-0.05, 0) is 42.4 Å². The highest BCUT2D eigenvalue weighted by molar-refractivity contribution is 5.19. The van der Waals surface area contributed by atoms with Gasteiger partial charge in [0.25, 0.3) is 0 Å². The van der Waals surface area contributed by atoms with Crippen LogP contribution in [0.2, 0.25) is 0 Å². The van der Waals surface area contributed by atoms with Crippen molar-refractivity contribution in [1.82, 2.24) is 0 Å². The summed E-state index contributed by atoms with van der Waals surface area (Å²) in [5, 5.41) is 10.2. The SMILES string of the molecule is C[C@]12C=C[C@H](C1)[C@@H]1CCC[C@H]2[C@@H]1O. The summed E-state index contributed by atoms with van der Waals surface area (Å²) in [6.07, 6.45) is 9.89. The van der Waals surface area contributed by atoms with E-state index in [9.17, 15) is 5.11 Å². The van der Waals surface area contributed by atoms with Gasteiger partial charge < -0.3 is 5.11 Å².